The first-order valence-corrected chi connectivity index (χ1v) is 16.9. The minimum absolute atomic E-state index is 0.711. The van der Waals surface area contributed by atoms with Crippen LogP contribution in [0.5, 0.6) is 0 Å². The summed E-state index contributed by atoms with van der Waals surface area (Å²) >= 11 is 0. The maximum absolute atomic E-state index is 6.64. The number of rotatable bonds is 4. The number of hydrogen-bond donors (Lipinski definition) is 0. The van der Waals surface area contributed by atoms with Gasteiger partial charge in [0.2, 0.25) is 0 Å². The number of allylic oxidation sites excluding steroid dienone is 1. The fourth-order valence-corrected chi connectivity index (χ4v) is 7.43. The fourth-order valence-electron chi connectivity index (χ4n) is 7.43. The van der Waals surface area contributed by atoms with Crippen molar-refractivity contribution in [3.05, 3.63) is 163 Å². The lowest BCUT2D eigenvalue weighted by Gasteiger charge is -2.13. The van der Waals surface area contributed by atoms with Crippen LogP contribution in [0.4, 0.5) is 0 Å². The molecule has 0 aliphatic heterocycles. The maximum Gasteiger partial charge on any atom is 0.160 e. The van der Waals surface area contributed by atoms with Crippen molar-refractivity contribution in [1.29, 1.82) is 0 Å². The molecule has 9 aromatic rings. The van der Waals surface area contributed by atoms with Gasteiger partial charge in [-0.2, -0.15) is 0 Å². The third-order valence-electron chi connectivity index (χ3n) is 9.94. The van der Waals surface area contributed by atoms with E-state index in [2.05, 4.69) is 146 Å². The van der Waals surface area contributed by atoms with Crippen LogP contribution >= 0.6 is 0 Å². The summed E-state index contributed by atoms with van der Waals surface area (Å²) in [4.78, 5) is 10.4. The molecule has 0 spiro atoms. The van der Waals surface area contributed by atoms with Gasteiger partial charge in [0.1, 0.15) is 11.2 Å². The highest BCUT2D eigenvalue weighted by Crippen LogP contribution is 2.42. The molecule has 7 aromatic carbocycles. The van der Waals surface area contributed by atoms with Crippen LogP contribution in [-0.4, -0.2) is 9.97 Å². The minimum Gasteiger partial charge on any atom is -0.455 e. The molecule has 0 amide bonds. The van der Waals surface area contributed by atoms with Crippen LogP contribution in [-0.2, 0) is 6.42 Å². The second kappa shape index (κ2) is 11.1. The Kier molecular flexibility index (Phi) is 6.31. The number of para-hydroxylation sites is 1. The zero-order valence-electron chi connectivity index (χ0n) is 26.7. The van der Waals surface area contributed by atoms with E-state index in [1.807, 2.05) is 12.1 Å². The van der Waals surface area contributed by atoms with E-state index in [9.17, 15) is 0 Å². The van der Waals surface area contributed by atoms with E-state index in [-0.39, 0.29) is 0 Å². The van der Waals surface area contributed by atoms with Crippen molar-refractivity contribution in [1.82, 2.24) is 9.97 Å². The summed E-state index contributed by atoms with van der Waals surface area (Å²) < 4.78 is 6.64. The molecule has 2 aromatic heterocycles. The van der Waals surface area contributed by atoms with Crippen molar-refractivity contribution in [2.24, 2.45) is 0 Å². The Morgan fingerprint density at radius 2 is 1.18 bits per heavy atom. The first-order valence-electron chi connectivity index (χ1n) is 16.9. The highest BCUT2D eigenvalue weighted by atomic mass is 16.3. The third-order valence-corrected chi connectivity index (χ3v) is 9.94. The van der Waals surface area contributed by atoms with Crippen LogP contribution < -0.4 is 0 Å². The molecule has 2 heterocycles. The van der Waals surface area contributed by atoms with Gasteiger partial charge in [-0.15, -0.1) is 0 Å². The average molecular weight is 627 g/mol. The van der Waals surface area contributed by atoms with E-state index in [1.54, 1.807) is 0 Å². The van der Waals surface area contributed by atoms with Crippen molar-refractivity contribution in [2.45, 2.75) is 12.8 Å². The van der Waals surface area contributed by atoms with Crippen LogP contribution in [0.1, 0.15) is 17.5 Å². The number of benzene rings is 7. The van der Waals surface area contributed by atoms with Gasteiger partial charge < -0.3 is 4.42 Å². The number of fused-ring (bicyclic) bond motifs is 7. The molecule has 3 nitrogen and oxygen atoms in total. The van der Waals surface area contributed by atoms with Gasteiger partial charge in [0.15, 0.2) is 5.82 Å². The molecule has 0 radical (unpaired) electrons. The molecule has 1 aliphatic rings. The van der Waals surface area contributed by atoms with E-state index >= 15 is 0 Å². The summed E-state index contributed by atoms with van der Waals surface area (Å²) in [6.45, 7) is 0. The molecule has 49 heavy (non-hydrogen) atoms. The Morgan fingerprint density at radius 1 is 0.490 bits per heavy atom. The molecule has 0 unspecified atom stereocenters. The zero-order valence-corrected chi connectivity index (χ0v) is 26.7. The SMILES string of the molecule is C1=Cc2cc(-c3ccc(-c4nc(-c5cc6c7ccc(-c8ccccc8)cc7oc6c6ccccc56)c5ccccc5n4)cc3)ccc2CC1. The Labute approximate surface area is 283 Å². The first kappa shape index (κ1) is 27.8. The highest BCUT2D eigenvalue weighted by Gasteiger charge is 2.19. The molecule has 3 heteroatoms. The lowest BCUT2D eigenvalue weighted by molar-refractivity contribution is 0.673. The Morgan fingerprint density at radius 3 is 2.06 bits per heavy atom. The predicted octanol–water partition coefficient (Wildman–Crippen LogP) is 12.3. The largest absolute Gasteiger partial charge is 0.455 e. The molecule has 0 atom stereocenters. The van der Waals surface area contributed by atoms with E-state index in [0.29, 0.717) is 5.82 Å². The second-order valence-electron chi connectivity index (χ2n) is 12.9. The van der Waals surface area contributed by atoms with Gasteiger partial charge in [-0.05, 0) is 81.9 Å². The van der Waals surface area contributed by atoms with E-state index < -0.39 is 0 Å². The van der Waals surface area contributed by atoms with E-state index in [4.69, 9.17) is 14.4 Å². The van der Waals surface area contributed by atoms with Crippen LogP contribution in [0.25, 0.3) is 94.6 Å². The molecule has 0 fully saturated rings. The molecule has 0 bridgehead atoms. The van der Waals surface area contributed by atoms with Gasteiger partial charge in [-0.3, -0.25) is 0 Å². The standard InChI is InChI=1S/C46H30N2O/c1-2-10-29(11-3-1)35-24-25-37-41-28-40(36-14-6-7-15-38(36)45(41)49-43(37)27-35)44-39-16-8-9-17-42(39)47-46(48-44)32-21-18-31(19-22-32)34-23-20-30-12-4-5-13-33(30)26-34/h1-3,5-11,13-28H,4,12H2. The zero-order chi connectivity index (χ0) is 32.3. The Balaban J connectivity index is 1.14. The molecular weight excluding hydrogens is 597 g/mol. The average Bonchev–Trinajstić information content (AvgIpc) is 3.55. The molecule has 230 valence electrons. The van der Waals surface area contributed by atoms with Gasteiger partial charge in [0, 0.05) is 32.7 Å². The Hall–Kier alpha value is -6.32. The van der Waals surface area contributed by atoms with Crippen molar-refractivity contribution in [3.63, 3.8) is 0 Å². The second-order valence-corrected chi connectivity index (χ2v) is 12.9. The number of hydrogen-bond acceptors (Lipinski definition) is 3. The lowest BCUT2D eigenvalue weighted by atomic mass is 9.93. The van der Waals surface area contributed by atoms with E-state index in [1.165, 1.54) is 27.8 Å². The fraction of sp³-hybridized carbons (Fsp3) is 0.0435. The summed E-state index contributed by atoms with van der Waals surface area (Å²) in [7, 11) is 0. The van der Waals surface area contributed by atoms with Crippen molar-refractivity contribution >= 4 is 49.7 Å². The summed E-state index contributed by atoms with van der Waals surface area (Å²) in [5, 5.41) is 5.36. The number of aromatic nitrogens is 2. The molecule has 1 aliphatic carbocycles. The van der Waals surface area contributed by atoms with Crippen LogP contribution in [0.3, 0.4) is 0 Å². The number of nitrogens with zero attached hydrogens (tertiary/aromatic N) is 2. The topological polar surface area (TPSA) is 38.9 Å². The van der Waals surface area contributed by atoms with Crippen molar-refractivity contribution in [2.75, 3.05) is 0 Å². The van der Waals surface area contributed by atoms with Gasteiger partial charge in [0.25, 0.3) is 0 Å². The smallest absolute Gasteiger partial charge is 0.160 e. The number of aryl methyl sites for hydroxylation is 1. The summed E-state index contributed by atoms with van der Waals surface area (Å²) in [5.41, 5.74) is 13.1. The first-order chi connectivity index (χ1) is 24.3. The van der Waals surface area contributed by atoms with Crippen molar-refractivity contribution < 1.29 is 4.42 Å². The Bertz CT molecular complexity index is 2760. The number of furan rings is 1. The molecule has 0 N–H and O–H groups in total. The van der Waals surface area contributed by atoms with Crippen LogP contribution in [0, 0.1) is 0 Å². The maximum atomic E-state index is 6.64. The predicted molar refractivity (Wildman–Crippen MR) is 203 cm³/mol. The van der Waals surface area contributed by atoms with Crippen LogP contribution in [0.15, 0.2) is 156 Å². The van der Waals surface area contributed by atoms with Gasteiger partial charge in [-0.25, -0.2) is 9.97 Å². The monoisotopic (exact) mass is 626 g/mol. The van der Waals surface area contributed by atoms with Gasteiger partial charge in [0.05, 0.1) is 11.2 Å². The van der Waals surface area contributed by atoms with Crippen LogP contribution in [0.2, 0.25) is 0 Å². The summed E-state index contributed by atoms with van der Waals surface area (Å²) in [6, 6.07) is 51.5. The third kappa shape index (κ3) is 4.66. The molecular formula is C46H30N2O. The molecule has 0 saturated heterocycles. The van der Waals surface area contributed by atoms with Gasteiger partial charge >= 0.3 is 0 Å². The van der Waals surface area contributed by atoms with E-state index in [0.717, 1.165) is 78.8 Å². The molecule has 0 saturated carbocycles. The minimum atomic E-state index is 0.711. The van der Waals surface area contributed by atoms with Gasteiger partial charge in [-0.1, -0.05) is 127 Å². The quantitative estimate of drug-likeness (QED) is 0.195. The summed E-state index contributed by atoms with van der Waals surface area (Å²) in [6.07, 6.45) is 6.74. The summed E-state index contributed by atoms with van der Waals surface area (Å²) in [5.74, 6) is 0.711. The molecule has 10 rings (SSSR count). The lowest BCUT2D eigenvalue weighted by Crippen LogP contribution is -1.96. The normalized spacial score (nSPS) is 12.7. The van der Waals surface area contributed by atoms with Crippen molar-refractivity contribution in [3.8, 4) is 44.9 Å². The highest BCUT2D eigenvalue weighted by molar-refractivity contribution is 6.20.